The summed E-state index contributed by atoms with van der Waals surface area (Å²) in [5.41, 5.74) is 2.16. The molecule has 14 heavy (non-hydrogen) atoms. The van der Waals surface area contributed by atoms with Crippen molar-refractivity contribution < 1.29 is 8.78 Å². The van der Waals surface area contributed by atoms with Gasteiger partial charge in [0.05, 0.1) is 6.67 Å². The summed E-state index contributed by atoms with van der Waals surface area (Å²) in [6, 6.07) is 6.39. The molecule has 1 unspecified atom stereocenters. The molecule has 1 aromatic rings. The number of allylic oxidation sites excluding steroid dienone is 2. The fourth-order valence-corrected chi connectivity index (χ4v) is 1.80. The Hall–Kier alpha value is -1.18. The van der Waals surface area contributed by atoms with E-state index in [-0.39, 0.29) is 18.4 Å². The lowest BCUT2D eigenvalue weighted by molar-refractivity contribution is 0.377. The predicted molar refractivity (Wildman–Crippen MR) is 53.1 cm³/mol. The van der Waals surface area contributed by atoms with Gasteiger partial charge in [-0.2, -0.15) is 0 Å². The smallest absolute Gasteiger partial charge is 0.123 e. The van der Waals surface area contributed by atoms with E-state index < -0.39 is 0 Å². The van der Waals surface area contributed by atoms with E-state index in [4.69, 9.17) is 0 Å². The van der Waals surface area contributed by atoms with Gasteiger partial charge in [0, 0.05) is 0 Å². The minimum absolute atomic E-state index is 0.134. The van der Waals surface area contributed by atoms with Crippen LogP contribution in [0.1, 0.15) is 18.4 Å². The van der Waals surface area contributed by atoms with Crippen LogP contribution in [0.2, 0.25) is 0 Å². The van der Waals surface area contributed by atoms with Gasteiger partial charge in [-0.15, -0.1) is 0 Å². The maximum atomic E-state index is 12.6. The topological polar surface area (TPSA) is 0 Å². The summed E-state index contributed by atoms with van der Waals surface area (Å²) in [6.45, 7) is -0.263. The van der Waals surface area contributed by atoms with E-state index in [2.05, 4.69) is 6.08 Å². The normalized spacial score (nSPS) is 21.0. The lowest BCUT2D eigenvalue weighted by Gasteiger charge is -2.05. The third-order valence-electron chi connectivity index (χ3n) is 2.64. The first-order valence-electron chi connectivity index (χ1n) is 4.80. The zero-order valence-corrected chi connectivity index (χ0v) is 7.84. The molecule has 0 radical (unpaired) electrons. The minimum Gasteiger partial charge on any atom is -0.251 e. The molecular formula is C12H12F2. The zero-order chi connectivity index (χ0) is 9.97. The fraction of sp³-hybridized carbons (Fsp3) is 0.333. The van der Waals surface area contributed by atoms with Crippen LogP contribution < -0.4 is 0 Å². The average molecular weight is 194 g/mol. The van der Waals surface area contributed by atoms with Crippen molar-refractivity contribution in [2.45, 2.75) is 12.8 Å². The summed E-state index contributed by atoms with van der Waals surface area (Å²) in [4.78, 5) is 0. The van der Waals surface area contributed by atoms with Crippen LogP contribution in [-0.4, -0.2) is 6.67 Å². The number of hydrogen-bond donors (Lipinski definition) is 0. The Balaban J connectivity index is 2.13. The Labute approximate surface area is 82.3 Å². The molecule has 0 bridgehead atoms. The maximum absolute atomic E-state index is 12.6. The van der Waals surface area contributed by atoms with E-state index in [1.54, 1.807) is 12.1 Å². The number of rotatable bonds is 2. The summed E-state index contributed by atoms with van der Waals surface area (Å²) in [5.74, 6) is -0.0931. The van der Waals surface area contributed by atoms with Crippen LogP contribution in [0.3, 0.4) is 0 Å². The molecule has 74 valence electrons. The largest absolute Gasteiger partial charge is 0.251 e. The van der Waals surface area contributed by atoms with Crippen LogP contribution in [0, 0.1) is 11.7 Å². The molecule has 1 aliphatic rings. The molecule has 2 rings (SSSR count). The van der Waals surface area contributed by atoms with Crippen molar-refractivity contribution in [3.63, 3.8) is 0 Å². The van der Waals surface area contributed by atoms with Gasteiger partial charge in [-0.1, -0.05) is 18.2 Å². The van der Waals surface area contributed by atoms with Gasteiger partial charge in [0.2, 0.25) is 0 Å². The van der Waals surface area contributed by atoms with E-state index in [0.29, 0.717) is 0 Å². The van der Waals surface area contributed by atoms with Gasteiger partial charge in [-0.3, -0.25) is 4.39 Å². The van der Waals surface area contributed by atoms with Gasteiger partial charge in [0.1, 0.15) is 5.82 Å². The quantitative estimate of drug-likeness (QED) is 0.675. The van der Waals surface area contributed by atoms with Gasteiger partial charge in [0.15, 0.2) is 0 Å². The number of halogens is 2. The van der Waals surface area contributed by atoms with Crippen molar-refractivity contribution in [3.05, 3.63) is 41.7 Å². The van der Waals surface area contributed by atoms with Crippen LogP contribution >= 0.6 is 0 Å². The number of benzene rings is 1. The van der Waals surface area contributed by atoms with E-state index in [1.807, 2.05) is 0 Å². The van der Waals surface area contributed by atoms with E-state index in [0.717, 1.165) is 24.0 Å². The SMILES string of the molecule is FCC1CC=C(c2ccc(F)cc2)C1. The van der Waals surface area contributed by atoms with Crippen molar-refractivity contribution in [2.24, 2.45) is 5.92 Å². The van der Waals surface area contributed by atoms with Crippen LogP contribution in [0.5, 0.6) is 0 Å². The third kappa shape index (κ3) is 1.84. The van der Waals surface area contributed by atoms with Crippen molar-refractivity contribution in [1.82, 2.24) is 0 Å². The summed E-state index contributed by atoms with van der Waals surface area (Å²) >= 11 is 0. The first-order chi connectivity index (χ1) is 6.79. The van der Waals surface area contributed by atoms with Crippen LogP contribution in [-0.2, 0) is 0 Å². The third-order valence-corrected chi connectivity index (χ3v) is 2.64. The fourth-order valence-electron chi connectivity index (χ4n) is 1.80. The summed E-state index contributed by atoms with van der Waals surface area (Å²) < 4.78 is 25.0. The van der Waals surface area contributed by atoms with Crippen molar-refractivity contribution in [3.8, 4) is 0 Å². The molecule has 0 aromatic heterocycles. The van der Waals surface area contributed by atoms with Crippen molar-refractivity contribution in [1.29, 1.82) is 0 Å². The van der Waals surface area contributed by atoms with E-state index >= 15 is 0 Å². The Bertz CT molecular complexity index is 338. The summed E-state index contributed by atoms with van der Waals surface area (Å²) in [7, 11) is 0. The second kappa shape index (κ2) is 3.91. The molecule has 1 aromatic carbocycles. The molecule has 2 heteroatoms. The van der Waals surface area contributed by atoms with Crippen LogP contribution in [0.25, 0.3) is 5.57 Å². The monoisotopic (exact) mass is 194 g/mol. The Morgan fingerprint density at radius 3 is 2.50 bits per heavy atom. The van der Waals surface area contributed by atoms with Gasteiger partial charge >= 0.3 is 0 Å². The standard InChI is InChI=1S/C12H12F2/c13-8-9-1-2-11(7-9)10-3-5-12(14)6-4-10/h2-6,9H,1,7-8H2. The van der Waals surface area contributed by atoms with Gasteiger partial charge in [-0.05, 0) is 42.0 Å². The van der Waals surface area contributed by atoms with Crippen LogP contribution in [0.15, 0.2) is 30.3 Å². The van der Waals surface area contributed by atoms with Crippen molar-refractivity contribution in [2.75, 3.05) is 6.67 Å². The highest BCUT2D eigenvalue weighted by molar-refractivity contribution is 5.67. The van der Waals surface area contributed by atoms with Crippen molar-refractivity contribution >= 4 is 5.57 Å². The molecule has 0 spiro atoms. The molecule has 0 saturated heterocycles. The number of alkyl halides is 1. The molecule has 0 nitrogen and oxygen atoms in total. The molecule has 1 atom stereocenters. The second-order valence-corrected chi connectivity index (χ2v) is 3.70. The molecule has 0 aliphatic heterocycles. The second-order valence-electron chi connectivity index (χ2n) is 3.70. The summed E-state index contributed by atoms with van der Waals surface area (Å²) in [5, 5.41) is 0. The first-order valence-corrected chi connectivity index (χ1v) is 4.80. The van der Waals surface area contributed by atoms with E-state index in [1.165, 1.54) is 12.1 Å². The Morgan fingerprint density at radius 1 is 1.21 bits per heavy atom. The van der Waals surface area contributed by atoms with Gasteiger partial charge in [-0.25, -0.2) is 4.39 Å². The van der Waals surface area contributed by atoms with Gasteiger partial charge in [0.25, 0.3) is 0 Å². The Morgan fingerprint density at radius 2 is 1.93 bits per heavy atom. The molecule has 1 aliphatic carbocycles. The minimum atomic E-state index is -0.263. The van der Waals surface area contributed by atoms with E-state index in [9.17, 15) is 8.78 Å². The van der Waals surface area contributed by atoms with Crippen LogP contribution in [0.4, 0.5) is 8.78 Å². The lowest BCUT2D eigenvalue weighted by Crippen LogP contribution is -1.96. The predicted octanol–water partition coefficient (Wildman–Crippen LogP) is 3.59. The highest BCUT2D eigenvalue weighted by atomic mass is 19.1. The maximum Gasteiger partial charge on any atom is 0.123 e. The molecule has 0 heterocycles. The molecule has 0 amide bonds. The number of hydrogen-bond acceptors (Lipinski definition) is 0. The molecular weight excluding hydrogens is 182 g/mol. The zero-order valence-electron chi connectivity index (χ0n) is 7.84. The highest BCUT2D eigenvalue weighted by Crippen LogP contribution is 2.32. The Kier molecular flexibility index (Phi) is 2.62. The van der Waals surface area contributed by atoms with Gasteiger partial charge < -0.3 is 0 Å². The molecule has 0 fully saturated rings. The average Bonchev–Trinajstić information content (AvgIpc) is 2.67. The molecule has 0 N–H and O–H groups in total. The molecule has 0 saturated carbocycles. The highest BCUT2D eigenvalue weighted by Gasteiger charge is 2.17. The first kappa shape index (κ1) is 9.38. The lowest BCUT2D eigenvalue weighted by atomic mass is 10.0. The summed E-state index contributed by atoms with van der Waals surface area (Å²) in [6.07, 6.45) is 3.64.